The summed E-state index contributed by atoms with van der Waals surface area (Å²) in [6, 6.07) is 5.53. The molecule has 2 N–H and O–H groups in total. The average molecular weight is 222 g/mol. The van der Waals surface area contributed by atoms with Gasteiger partial charge in [-0.3, -0.25) is 0 Å². The zero-order valence-electron chi connectivity index (χ0n) is 10.3. The van der Waals surface area contributed by atoms with E-state index in [1.165, 1.54) is 0 Å². The summed E-state index contributed by atoms with van der Waals surface area (Å²) in [4.78, 5) is 0. The molecule has 0 heterocycles. The summed E-state index contributed by atoms with van der Waals surface area (Å²) in [5.41, 5.74) is 1.46. The Labute approximate surface area is 97.2 Å². The highest BCUT2D eigenvalue weighted by Crippen LogP contribution is 2.23. The van der Waals surface area contributed by atoms with Crippen LogP contribution in [0.2, 0.25) is 0 Å². The van der Waals surface area contributed by atoms with E-state index in [1.807, 2.05) is 13.0 Å². The first kappa shape index (κ1) is 13.1. The summed E-state index contributed by atoms with van der Waals surface area (Å²) >= 11 is 0. The van der Waals surface area contributed by atoms with Crippen molar-refractivity contribution in [2.45, 2.75) is 33.1 Å². The molecule has 3 nitrogen and oxygen atoms in total. The lowest BCUT2D eigenvalue weighted by molar-refractivity contribution is 0.339. The van der Waals surface area contributed by atoms with Gasteiger partial charge in [-0.15, -0.1) is 0 Å². The van der Waals surface area contributed by atoms with E-state index in [4.69, 9.17) is 4.74 Å². The van der Waals surface area contributed by atoms with Crippen LogP contribution in [0.5, 0.6) is 5.75 Å². The molecule has 0 radical (unpaired) electrons. The second-order valence-corrected chi connectivity index (χ2v) is 4.81. The van der Waals surface area contributed by atoms with Gasteiger partial charge in [0.25, 0.3) is 0 Å². The van der Waals surface area contributed by atoms with Crippen LogP contribution in [0, 0.1) is 0 Å². The molecular formula is C12H19BO3. The molecule has 0 saturated carbocycles. The molecule has 0 saturated heterocycles. The average Bonchev–Trinajstić information content (AvgIpc) is 2.16. The summed E-state index contributed by atoms with van der Waals surface area (Å²) in [5, 5.41) is 18.6. The van der Waals surface area contributed by atoms with Gasteiger partial charge in [-0.25, -0.2) is 0 Å². The maximum Gasteiger partial charge on any atom is 0.492 e. The summed E-state index contributed by atoms with van der Waals surface area (Å²) < 4.78 is 5.35. The molecule has 0 fully saturated rings. The fourth-order valence-electron chi connectivity index (χ4n) is 1.50. The molecule has 4 heteroatoms. The first-order valence-corrected chi connectivity index (χ1v) is 5.49. The monoisotopic (exact) mass is 222 g/mol. The predicted molar refractivity (Wildman–Crippen MR) is 66.1 cm³/mol. The van der Waals surface area contributed by atoms with E-state index in [2.05, 4.69) is 20.8 Å². The van der Waals surface area contributed by atoms with E-state index in [0.717, 1.165) is 5.56 Å². The minimum Gasteiger partial charge on any atom is -0.494 e. The predicted octanol–water partition coefficient (Wildman–Crippen LogP) is 1.06. The van der Waals surface area contributed by atoms with Gasteiger partial charge in [0.1, 0.15) is 5.75 Å². The highest BCUT2D eigenvalue weighted by Gasteiger charge is 2.21. The highest BCUT2D eigenvalue weighted by atomic mass is 16.5. The maximum atomic E-state index is 9.30. The van der Waals surface area contributed by atoms with Crippen molar-refractivity contribution in [3.05, 3.63) is 23.8 Å². The molecule has 0 aliphatic carbocycles. The number of benzene rings is 1. The topological polar surface area (TPSA) is 49.7 Å². The summed E-state index contributed by atoms with van der Waals surface area (Å²) in [6.07, 6.45) is 0. The minimum atomic E-state index is -1.50. The molecule has 1 aromatic rings. The van der Waals surface area contributed by atoms with Gasteiger partial charge < -0.3 is 14.8 Å². The van der Waals surface area contributed by atoms with E-state index in [1.54, 1.807) is 12.1 Å². The molecule has 16 heavy (non-hydrogen) atoms. The molecule has 0 amide bonds. The quantitative estimate of drug-likeness (QED) is 0.752. The van der Waals surface area contributed by atoms with Crippen LogP contribution < -0.4 is 10.2 Å². The first-order valence-electron chi connectivity index (χ1n) is 5.49. The van der Waals surface area contributed by atoms with Crippen LogP contribution in [-0.4, -0.2) is 23.8 Å². The minimum absolute atomic E-state index is 0.0195. The largest absolute Gasteiger partial charge is 0.494 e. The molecule has 0 bridgehead atoms. The molecule has 0 unspecified atom stereocenters. The van der Waals surface area contributed by atoms with Gasteiger partial charge in [0, 0.05) is 5.46 Å². The van der Waals surface area contributed by atoms with Gasteiger partial charge in [0.2, 0.25) is 0 Å². The summed E-state index contributed by atoms with van der Waals surface area (Å²) in [5.74, 6) is 0.533. The van der Waals surface area contributed by atoms with Crippen LogP contribution in [0.25, 0.3) is 0 Å². The molecule has 0 aliphatic rings. The third-order valence-electron chi connectivity index (χ3n) is 2.45. The van der Waals surface area contributed by atoms with E-state index in [0.29, 0.717) is 17.8 Å². The van der Waals surface area contributed by atoms with E-state index < -0.39 is 7.12 Å². The Balaban J connectivity index is 3.17. The number of hydrogen-bond donors (Lipinski definition) is 2. The van der Waals surface area contributed by atoms with Gasteiger partial charge >= 0.3 is 7.12 Å². The number of rotatable bonds is 3. The van der Waals surface area contributed by atoms with Crippen LogP contribution in [-0.2, 0) is 5.41 Å². The lowest BCUT2D eigenvalue weighted by atomic mass is 9.75. The van der Waals surface area contributed by atoms with Gasteiger partial charge in [0.05, 0.1) is 6.61 Å². The van der Waals surface area contributed by atoms with Crippen molar-refractivity contribution in [3.63, 3.8) is 0 Å². The lowest BCUT2D eigenvalue weighted by Gasteiger charge is -2.21. The van der Waals surface area contributed by atoms with Crippen molar-refractivity contribution in [3.8, 4) is 5.75 Å². The van der Waals surface area contributed by atoms with Crippen molar-refractivity contribution in [1.29, 1.82) is 0 Å². The normalized spacial score (nSPS) is 11.4. The molecule has 0 aliphatic heterocycles. The smallest absolute Gasteiger partial charge is 0.492 e. The third-order valence-corrected chi connectivity index (χ3v) is 2.45. The zero-order chi connectivity index (χ0) is 12.3. The van der Waals surface area contributed by atoms with Gasteiger partial charge in [-0.2, -0.15) is 0 Å². The van der Waals surface area contributed by atoms with Crippen LogP contribution in [0.1, 0.15) is 33.3 Å². The summed E-state index contributed by atoms with van der Waals surface area (Å²) in [6.45, 7) is 8.61. The Morgan fingerprint density at radius 3 is 2.31 bits per heavy atom. The van der Waals surface area contributed by atoms with E-state index in [-0.39, 0.29) is 5.41 Å². The van der Waals surface area contributed by atoms with E-state index >= 15 is 0 Å². The van der Waals surface area contributed by atoms with Crippen molar-refractivity contribution in [2.24, 2.45) is 0 Å². The lowest BCUT2D eigenvalue weighted by Crippen LogP contribution is -2.32. The Hall–Kier alpha value is -0.995. The van der Waals surface area contributed by atoms with Crippen LogP contribution in [0.4, 0.5) is 0 Å². The molecule has 0 aromatic heterocycles. The van der Waals surface area contributed by atoms with Crippen molar-refractivity contribution >= 4 is 12.6 Å². The number of ether oxygens (including phenoxy) is 1. The SMILES string of the molecule is CCOc1ccc(C(C)(C)C)cc1B(O)O. The Kier molecular flexibility index (Phi) is 4.00. The van der Waals surface area contributed by atoms with Crippen molar-refractivity contribution < 1.29 is 14.8 Å². The Bertz CT molecular complexity index is 356. The van der Waals surface area contributed by atoms with Gasteiger partial charge in [-0.05, 0) is 24.0 Å². The van der Waals surface area contributed by atoms with Gasteiger partial charge in [-0.1, -0.05) is 32.9 Å². The second kappa shape index (κ2) is 4.89. The number of hydrogen-bond acceptors (Lipinski definition) is 3. The third kappa shape index (κ3) is 3.00. The first-order chi connectivity index (χ1) is 7.36. The molecule has 0 spiro atoms. The Morgan fingerprint density at radius 1 is 1.25 bits per heavy atom. The van der Waals surface area contributed by atoms with Crippen LogP contribution in [0.3, 0.4) is 0 Å². The van der Waals surface area contributed by atoms with Crippen LogP contribution in [0.15, 0.2) is 18.2 Å². The second-order valence-electron chi connectivity index (χ2n) is 4.81. The van der Waals surface area contributed by atoms with Crippen molar-refractivity contribution in [1.82, 2.24) is 0 Å². The molecule has 88 valence electrons. The Morgan fingerprint density at radius 2 is 1.88 bits per heavy atom. The van der Waals surface area contributed by atoms with Gasteiger partial charge in [0.15, 0.2) is 0 Å². The fourth-order valence-corrected chi connectivity index (χ4v) is 1.50. The molecular weight excluding hydrogens is 203 g/mol. The maximum absolute atomic E-state index is 9.30. The zero-order valence-corrected chi connectivity index (χ0v) is 10.3. The molecule has 1 rings (SSSR count). The molecule has 0 atom stereocenters. The highest BCUT2D eigenvalue weighted by molar-refractivity contribution is 6.59. The van der Waals surface area contributed by atoms with Crippen LogP contribution >= 0.6 is 0 Å². The fraction of sp³-hybridized carbons (Fsp3) is 0.500. The van der Waals surface area contributed by atoms with E-state index in [9.17, 15) is 10.0 Å². The molecule has 1 aromatic carbocycles. The summed E-state index contributed by atoms with van der Waals surface area (Å²) in [7, 11) is -1.50. The standard InChI is InChI=1S/C12H19BO3/c1-5-16-11-7-6-9(12(2,3)4)8-10(11)13(14)15/h6-8,14-15H,5H2,1-4H3. The van der Waals surface area contributed by atoms with Crippen molar-refractivity contribution in [2.75, 3.05) is 6.61 Å².